The summed E-state index contributed by atoms with van der Waals surface area (Å²) in [5.74, 6) is -0.988. The van der Waals surface area contributed by atoms with Crippen molar-refractivity contribution in [1.82, 2.24) is 10.2 Å². The molecule has 1 saturated heterocycles. The van der Waals surface area contributed by atoms with Gasteiger partial charge in [-0.2, -0.15) is 26.3 Å². The van der Waals surface area contributed by atoms with Gasteiger partial charge in [-0.25, -0.2) is 9.59 Å². The minimum Gasteiger partial charge on any atom is -0.493 e. The standard InChI is InChI=1S/C31H36F6N2O6/c1-6-9-20-18-22(29(43,30(32,33)34)31(35,36)37)14-15-23(20)44-17-8-7-16-39-25(41)28(5,38-26(39)42)21-12-10-19(11-13-21)24(40)45-27(2,3)4/h10-15,18,43H,6-9,16-17H2,1-5H3,(H,38,42). The van der Waals surface area contributed by atoms with Crippen molar-refractivity contribution in [2.75, 3.05) is 13.2 Å². The van der Waals surface area contributed by atoms with Gasteiger partial charge in [-0.1, -0.05) is 31.5 Å². The number of nitrogens with one attached hydrogen (secondary N) is 1. The van der Waals surface area contributed by atoms with Crippen LogP contribution in [-0.4, -0.2) is 59.0 Å². The number of unbranched alkanes of at least 4 members (excludes halogenated alkanes) is 1. The largest absolute Gasteiger partial charge is 0.493 e. The Hall–Kier alpha value is -3.81. The number of ether oxygens (including phenoxy) is 2. The number of halogens is 6. The molecule has 2 aromatic rings. The van der Waals surface area contributed by atoms with Gasteiger partial charge in [-0.3, -0.25) is 9.69 Å². The summed E-state index contributed by atoms with van der Waals surface area (Å²) in [6, 6.07) is 7.62. The summed E-state index contributed by atoms with van der Waals surface area (Å²) in [4.78, 5) is 39.3. The molecule has 2 aromatic carbocycles. The van der Waals surface area contributed by atoms with E-state index >= 15 is 0 Å². The molecule has 1 unspecified atom stereocenters. The fourth-order valence-electron chi connectivity index (χ4n) is 4.82. The molecule has 0 radical (unpaired) electrons. The van der Waals surface area contributed by atoms with Gasteiger partial charge in [0.2, 0.25) is 0 Å². The van der Waals surface area contributed by atoms with E-state index < -0.39 is 52.6 Å². The van der Waals surface area contributed by atoms with E-state index in [1.54, 1.807) is 39.8 Å². The Balaban J connectivity index is 1.63. The van der Waals surface area contributed by atoms with Crippen molar-refractivity contribution in [3.63, 3.8) is 0 Å². The third-order valence-corrected chi connectivity index (χ3v) is 7.22. The molecule has 8 nitrogen and oxygen atoms in total. The number of hydrogen-bond donors (Lipinski definition) is 2. The lowest BCUT2D eigenvalue weighted by atomic mass is 9.90. The predicted octanol–water partition coefficient (Wildman–Crippen LogP) is 6.53. The second kappa shape index (κ2) is 12.9. The van der Waals surface area contributed by atoms with Crippen LogP contribution in [0.2, 0.25) is 0 Å². The van der Waals surface area contributed by atoms with Crippen LogP contribution in [0.1, 0.15) is 80.9 Å². The molecule has 1 heterocycles. The second-order valence-electron chi connectivity index (χ2n) is 11.9. The number of aliphatic hydroxyl groups is 1. The zero-order valence-electron chi connectivity index (χ0n) is 25.5. The molecule has 3 amide bonds. The normalized spacial score (nSPS) is 17.8. The number of carbonyl (C=O) groups excluding carboxylic acids is 3. The van der Waals surface area contributed by atoms with Gasteiger partial charge in [0, 0.05) is 12.1 Å². The Labute approximate surface area is 256 Å². The highest BCUT2D eigenvalue weighted by Gasteiger charge is 2.71. The number of hydrogen-bond acceptors (Lipinski definition) is 6. The van der Waals surface area contributed by atoms with E-state index in [2.05, 4.69) is 5.32 Å². The van der Waals surface area contributed by atoms with E-state index in [1.807, 2.05) is 0 Å². The summed E-state index contributed by atoms with van der Waals surface area (Å²) in [6.07, 6.45) is -11.0. The highest BCUT2D eigenvalue weighted by Crippen LogP contribution is 2.50. The molecule has 0 saturated carbocycles. The molecule has 248 valence electrons. The minimum atomic E-state index is -6.00. The maximum Gasteiger partial charge on any atom is 0.430 e. The van der Waals surface area contributed by atoms with E-state index in [1.165, 1.54) is 19.1 Å². The van der Waals surface area contributed by atoms with Gasteiger partial charge in [0.05, 0.1) is 12.2 Å². The SMILES string of the molecule is CCCc1cc(C(O)(C(F)(F)F)C(F)(F)F)ccc1OCCCCN1C(=O)NC(C)(c2ccc(C(=O)OC(C)(C)C)cc2)C1=O. The van der Waals surface area contributed by atoms with Crippen LogP contribution in [0.3, 0.4) is 0 Å². The average Bonchev–Trinajstić information content (AvgIpc) is 3.14. The van der Waals surface area contributed by atoms with Crippen LogP contribution in [-0.2, 0) is 27.1 Å². The fraction of sp³-hybridized carbons (Fsp3) is 0.516. The van der Waals surface area contributed by atoms with Crippen molar-refractivity contribution >= 4 is 17.9 Å². The number of imide groups is 1. The molecule has 14 heteroatoms. The highest BCUT2D eigenvalue weighted by molar-refractivity contribution is 6.07. The van der Waals surface area contributed by atoms with Crippen LogP contribution >= 0.6 is 0 Å². The van der Waals surface area contributed by atoms with Crippen LogP contribution in [0.15, 0.2) is 42.5 Å². The van der Waals surface area contributed by atoms with Crippen LogP contribution in [0.4, 0.5) is 31.1 Å². The Kier molecular flexibility index (Phi) is 10.2. The lowest BCUT2D eigenvalue weighted by Crippen LogP contribution is -2.53. The van der Waals surface area contributed by atoms with Crippen molar-refractivity contribution in [3.05, 3.63) is 64.7 Å². The van der Waals surface area contributed by atoms with Crippen LogP contribution in [0, 0.1) is 0 Å². The van der Waals surface area contributed by atoms with E-state index in [0.29, 0.717) is 30.5 Å². The molecule has 1 aliphatic heterocycles. The third-order valence-electron chi connectivity index (χ3n) is 7.22. The highest BCUT2D eigenvalue weighted by atomic mass is 19.4. The molecular formula is C31H36F6N2O6. The van der Waals surface area contributed by atoms with Crippen molar-refractivity contribution in [2.24, 2.45) is 0 Å². The summed E-state index contributed by atoms with van der Waals surface area (Å²) in [7, 11) is 0. The monoisotopic (exact) mass is 646 g/mol. The maximum atomic E-state index is 13.3. The number of carbonyl (C=O) groups is 3. The summed E-state index contributed by atoms with van der Waals surface area (Å²) in [6.45, 7) is 8.43. The van der Waals surface area contributed by atoms with E-state index in [-0.39, 0.29) is 42.9 Å². The van der Waals surface area contributed by atoms with Crippen molar-refractivity contribution in [3.8, 4) is 5.75 Å². The molecule has 1 fully saturated rings. The van der Waals surface area contributed by atoms with Crippen molar-refractivity contribution in [1.29, 1.82) is 0 Å². The lowest BCUT2D eigenvalue weighted by Gasteiger charge is -2.33. The van der Waals surface area contributed by atoms with E-state index in [9.17, 15) is 45.8 Å². The zero-order valence-corrected chi connectivity index (χ0v) is 25.5. The number of rotatable bonds is 11. The number of esters is 1. The third kappa shape index (κ3) is 7.54. The van der Waals surface area contributed by atoms with E-state index in [0.717, 1.165) is 11.0 Å². The van der Waals surface area contributed by atoms with Crippen LogP contribution in [0.25, 0.3) is 0 Å². The lowest BCUT2D eigenvalue weighted by molar-refractivity contribution is -0.376. The molecule has 3 rings (SSSR count). The molecule has 1 aliphatic rings. The Bertz CT molecular complexity index is 1390. The molecule has 2 N–H and O–H groups in total. The first-order valence-electron chi connectivity index (χ1n) is 14.3. The minimum absolute atomic E-state index is 0.00802. The van der Waals surface area contributed by atoms with Gasteiger partial charge in [0.15, 0.2) is 0 Å². The molecule has 0 aliphatic carbocycles. The summed E-state index contributed by atoms with van der Waals surface area (Å²) >= 11 is 0. The smallest absolute Gasteiger partial charge is 0.430 e. The Morgan fingerprint density at radius 2 is 1.56 bits per heavy atom. The first-order valence-corrected chi connectivity index (χ1v) is 14.3. The molecular weight excluding hydrogens is 610 g/mol. The van der Waals surface area contributed by atoms with E-state index in [4.69, 9.17) is 9.47 Å². The van der Waals surface area contributed by atoms with Crippen LogP contribution in [0.5, 0.6) is 5.75 Å². The van der Waals surface area contributed by atoms with Gasteiger partial charge in [0.25, 0.3) is 11.5 Å². The number of alkyl halides is 6. The number of benzene rings is 2. The van der Waals surface area contributed by atoms with Gasteiger partial charge in [-0.05, 0) is 82.3 Å². The summed E-state index contributed by atoms with van der Waals surface area (Å²) in [5, 5.41) is 12.4. The fourth-order valence-corrected chi connectivity index (χ4v) is 4.82. The predicted molar refractivity (Wildman–Crippen MR) is 150 cm³/mol. The first kappa shape index (κ1) is 35.7. The average molecular weight is 647 g/mol. The van der Waals surface area contributed by atoms with Gasteiger partial charge < -0.3 is 19.9 Å². The number of aryl methyl sites for hydroxylation is 1. The second-order valence-corrected chi connectivity index (χ2v) is 11.9. The molecule has 0 bridgehead atoms. The molecule has 0 spiro atoms. The summed E-state index contributed by atoms with van der Waals surface area (Å²) < 4.78 is 91.0. The van der Waals surface area contributed by atoms with Gasteiger partial charge in [0.1, 0.15) is 16.9 Å². The number of urea groups is 1. The van der Waals surface area contributed by atoms with Gasteiger partial charge >= 0.3 is 24.4 Å². The Morgan fingerprint density at radius 3 is 2.09 bits per heavy atom. The van der Waals surface area contributed by atoms with Crippen LogP contribution < -0.4 is 10.1 Å². The molecule has 0 aromatic heterocycles. The number of amides is 3. The summed E-state index contributed by atoms with van der Waals surface area (Å²) in [5.41, 5.74) is -7.69. The molecule has 45 heavy (non-hydrogen) atoms. The molecule has 1 atom stereocenters. The topological polar surface area (TPSA) is 105 Å². The first-order chi connectivity index (χ1) is 20.7. The zero-order chi connectivity index (χ0) is 34.0. The quantitative estimate of drug-likeness (QED) is 0.125. The van der Waals surface area contributed by atoms with Gasteiger partial charge in [-0.15, -0.1) is 0 Å². The maximum absolute atomic E-state index is 13.3. The van der Waals surface area contributed by atoms with Crippen molar-refractivity contribution in [2.45, 2.75) is 89.4 Å². The van der Waals surface area contributed by atoms with Crippen molar-refractivity contribution < 1.29 is 55.3 Å². The number of nitrogens with zero attached hydrogens (tertiary/aromatic N) is 1. The Morgan fingerprint density at radius 1 is 0.956 bits per heavy atom.